The monoisotopic (exact) mass is 305 g/mol. The van der Waals surface area contributed by atoms with Gasteiger partial charge in [0.05, 0.1) is 7.11 Å². The van der Waals surface area contributed by atoms with Gasteiger partial charge in [-0.05, 0) is 30.5 Å². The van der Waals surface area contributed by atoms with Gasteiger partial charge in [-0.1, -0.05) is 31.4 Å². The summed E-state index contributed by atoms with van der Waals surface area (Å²) in [5, 5.41) is 12.0. The van der Waals surface area contributed by atoms with Crippen LogP contribution >= 0.6 is 0 Å². The normalized spacial score (nSPS) is 16.8. The van der Waals surface area contributed by atoms with Gasteiger partial charge < -0.3 is 15.2 Å². The fourth-order valence-corrected chi connectivity index (χ4v) is 2.85. The van der Waals surface area contributed by atoms with E-state index in [1.807, 2.05) is 12.1 Å². The van der Waals surface area contributed by atoms with E-state index in [0.29, 0.717) is 0 Å². The van der Waals surface area contributed by atoms with E-state index in [4.69, 9.17) is 4.74 Å². The third-order valence-corrected chi connectivity index (χ3v) is 4.19. The molecule has 1 aromatic carbocycles. The summed E-state index contributed by atoms with van der Waals surface area (Å²) < 4.78 is 5.08. The predicted octanol–water partition coefficient (Wildman–Crippen LogP) is 2.39. The van der Waals surface area contributed by atoms with Crippen molar-refractivity contribution < 1.29 is 19.4 Å². The second kappa shape index (κ2) is 7.82. The highest BCUT2D eigenvalue weighted by atomic mass is 16.5. The largest absolute Gasteiger partial charge is 0.497 e. The number of aliphatic carboxylic acids is 1. The molecule has 0 saturated heterocycles. The van der Waals surface area contributed by atoms with Crippen LogP contribution in [0.1, 0.15) is 37.7 Å². The Bertz CT molecular complexity index is 506. The first-order valence-electron chi connectivity index (χ1n) is 7.76. The molecule has 1 atom stereocenters. The van der Waals surface area contributed by atoms with Crippen LogP contribution in [0.2, 0.25) is 0 Å². The van der Waals surface area contributed by atoms with Gasteiger partial charge in [0, 0.05) is 12.3 Å². The van der Waals surface area contributed by atoms with Crippen LogP contribution in [0.4, 0.5) is 0 Å². The highest BCUT2D eigenvalue weighted by molar-refractivity contribution is 5.85. The minimum atomic E-state index is -1.00. The number of rotatable bonds is 6. The summed E-state index contributed by atoms with van der Waals surface area (Å²) in [6.45, 7) is 0. The summed E-state index contributed by atoms with van der Waals surface area (Å²) in [5.74, 6) is -0.436. The molecule has 22 heavy (non-hydrogen) atoms. The Kier molecular flexibility index (Phi) is 5.81. The Morgan fingerprint density at radius 3 is 2.41 bits per heavy atom. The summed E-state index contributed by atoms with van der Waals surface area (Å²) in [5.41, 5.74) is 0.858. The van der Waals surface area contributed by atoms with Gasteiger partial charge in [0.2, 0.25) is 5.91 Å². The van der Waals surface area contributed by atoms with Crippen molar-refractivity contribution in [3.8, 4) is 5.75 Å². The van der Waals surface area contributed by atoms with Crippen molar-refractivity contribution in [1.82, 2.24) is 5.32 Å². The molecular weight excluding hydrogens is 282 g/mol. The van der Waals surface area contributed by atoms with Gasteiger partial charge in [-0.25, -0.2) is 4.79 Å². The number of nitrogens with one attached hydrogen (secondary N) is 1. The summed E-state index contributed by atoms with van der Waals surface area (Å²) in [6.07, 6.45) is 5.26. The first kappa shape index (κ1) is 16.3. The molecule has 0 radical (unpaired) electrons. The molecule has 0 aromatic heterocycles. The number of carbonyl (C=O) groups excluding carboxylic acids is 1. The van der Waals surface area contributed by atoms with E-state index in [2.05, 4.69) is 5.32 Å². The van der Waals surface area contributed by atoms with Gasteiger partial charge >= 0.3 is 5.97 Å². The predicted molar refractivity (Wildman–Crippen MR) is 82.8 cm³/mol. The summed E-state index contributed by atoms with van der Waals surface area (Å²) in [6, 6.07) is 6.33. The Hall–Kier alpha value is -2.04. The van der Waals surface area contributed by atoms with Crippen LogP contribution in [0.5, 0.6) is 5.75 Å². The molecule has 1 saturated carbocycles. The van der Waals surface area contributed by atoms with Crippen LogP contribution in [-0.2, 0) is 16.0 Å². The Morgan fingerprint density at radius 2 is 1.86 bits per heavy atom. The second-order valence-corrected chi connectivity index (χ2v) is 5.79. The molecule has 0 spiro atoms. The lowest BCUT2D eigenvalue weighted by Gasteiger charge is -2.23. The van der Waals surface area contributed by atoms with Crippen LogP contribution in [0.25, 0.3) is 0 Å². The van der Waals surface area contributed by atoms with Crippen molar-refractivity contribution >= 4 is 11.9 Å². The third kappa shape index (κ3) is 4.48. The highest BCUT2D eigenvalue weighted by Crippen LogP contribution is 2.24. The fraction of sp³-hybridized carbons (Fsp3) is 0.529. The van der Waals surface area contributed by atoms with E-state index < -0.39 is 12.0 Å². The summed E-state index contributed by atoms with van der Waals surface area (Å²) in [7, 11) is 1.58. The quantitative estimate of drug-likeness (QED) is 0.846. The van der Waals surface area contributed by atoms with Gasteiger partial charge in [-0.2, -0.15) is 0 Å². The molecule has 1 amide bonds. The molecule has 0 heterocycles. The molecule has 5 nitrogen and oxygen atoms in total. The molecule has 120 valence electrons. The van der Waals surface area contributed by atoms with Gasteiger partial charge in [0.15, 0.2) is 0 Å². The zero-order valence-electron chi connectivity index (χ0n) is 12.9. The number of carboxylic acid groups (broad SMARTS) is 1. The second-order valence-electron chi connectivity index (χ2n) is 5.79. The number of carboxylic acids is 1. The fourth-order valence-electron chi connectivity index (χ4n) is 2.85. The van der Waals surface area contributed by atoms with Gasteiger partial charge in [0.1, 0.15) is 11.8 Å². The van der Waals surface area contributed by atoms with Gasteiger partial charge in [0.25, 0.3) is 0 Å². The lowest BCUT2D eigenvalue weighted by atomic mass is 9.88. The first-order chi connectivity index (χ1) is 10.6. The molecule has 1 aliphatic carbocycles. The van der Waals surface area contributed by atoms with Crippen LogP contribution in [0.15, 0.2) is 24.3 Å². The van der Waals surface area contributed by atoms with E-state index in [9.17, 15) is 14.7 Å². The molecule has 0 aliphatic heterocycles. The van der Waals surface area contributed by atoms with Crippen LogP contribution < -0.4 is 10.1 Å². The van der Waals surface area contributed by atoms with Crippen molar-refractivity contribution in [3.05, 3.63) is 29.8 Å². The Labute approximate surface area is 130 Å². The Balaban J connectivity index is 1.96. The lowest BCUT2D eigenvalue weighted by molar-refractivity contribution is -0.142. The maximum Gasteiger partial charge on any atom is 0.326 e. The maximum atomic E-state index is 12.2. The molecule has 0 unspecified atom stereocenters. The number of hydrogen-bond donors (Lipinski definition) is 2. The minimum Gasteiger partial charge on any atom is -0.497 e. The standard InChI is InChI=1S/C17H23NO4/c1-22-14-9-7-12(8-10-14)11-15(17(20)21)18-16(19)13-5-3-2-4-6-13/h7-10,13,15H,2-6,11H2,1H3,(H,18,19)(H,20,21)/t15-/m1/s1. The molecular formula is C17H23NO4. The minimum absolute atomic E-state index is 0.0357. The lowest BCUT2D eigenvalue weighted by Crippen LogP contribution is -2.45. The van der Waals surface area contributed by atoms with Crippen LogP contribution in [0, 0.1) is 5.92 Å². The number of hydrogen-bond acceptors (Lipinski definition) is 3. The average molecular weight is 305 g/mol. The summed E-state index contributed by atoms with van der Waals surface area (Å²) >= 11 is 0. The maximum absolute atomic E-state index is 12.2. The van der Waals surface area contributed by atoms with Crippen molar-refractivity contribution in [2.24, 2.45) is 5.92 Å². The first-order valence-corrected chi connectivity index (χ1v) is 7.76. The molecule has 1 aliphatic rings. The van der Waals surface area contributed by atoms with Crippen molar-refractivity contribution in [2.45, 2.75) is 44.6 Å². The molecule has 1 aromatic rings. The van der Waals surface area contributed by atoms with Crippen LogP contribution in [-0.4, -0.2) is 30.1 Å². The van der Waals surface area contributed by atoms with Gasteiger partial charge in [-0.3, -0.25) is 4.79 Å². The highest BCUT2D eigenvalue weighted by Gasteiger charge is 2.26. The number of amides is 1. The van der Waals surface area contributed by atoms with E-state index in [1.165, 1.54) is 0 Å². The smallest absolute Gasteiger partial charge is 0.326 e. The molecule has 2 rings (SSSR count). The third-order valence-electron chi connectivity index (χ3n) is 4.19. The van der Waals surface area contributed by atoms with E-state index >= 15 is 0 Å². The van der Waals surface area contributed by atoms with E-state index in [1.54, 1.807) is 19.2 Å². The molecule has 2 N–H and O–H groups in total. The number of benzene rings is 1. The SMILES string of the molecule is COc1ccc(C[C@@H](NC(=O)C2CCCCC2)C(=O)O)cc1. The number of ether oxygens (including phenoxy) is 1. The van der Waals surface area contributed by atoms with Crippen LogP contribution in [0.3, 0.4) is 0 Å². The summed E-state index contributed by atoms with van der Waals surface area (Å²) in [4.78, 5) is 23.6. The zero-order chi connectivity index (χ0) is 15.9. The van der Waals surface area contributed by atoms with Crippen molar-refractivity contribution in [1.29, 1.82) is 0 Å². The zero-order valence-corrected chi connectivity index (χ0v) is 12.9. The van der Waals surface area contributed by atoms with E-state index in [-0.39, 0.29) is 18.2 Å². The molecule has 1 fully saturated rings. The number of methoxy groups -OCH3 is 1. The van der Waals surface area contributed by atoms with Crippen molar-refractivity contribution in [3.63, 3.8) is 0 Å². The van der Waals surface area contributed by atoms with E-state index in [0.717, 1.165) is 43.4 Å². The van der Waals surface area contributed by atoms with Crippen molar-refractivity contribution in [2.75, 3.05) is 7.11 Å². The molecule has 0 bridgehead atoms. The van der Waals surface area contributed by atoms with Gasteiger partial charge in [-0.15, -0.1) is 0 Å². The number of carbonyl (C=O) groups is 2. The topological polar surface area (TPSA) is 75.6 Å². The Morgan fingerprint density at radius 1 is 1.23 bits per heavy atom. The average Bonchev–Trinajstić information content (AvgIpc) is 2.55. The molecule has 5 heteroatoms.